The Morgan fingerprint density at radius 1 is 1.50 bits per heavy atom. The largest absolute Gasteiger partial charge is 0.331 e. The Balaban J connectivity index is 3.04. The molecule has 1 rings (SSSR count). The fourth-order valence-corrected chi connectivity index (χ4v) is 1.83. The molecule has 0 N–H and O–H groups in total. The van der Waals surface area contributed by atoms with Crippen LogP contribution in [-0.4, -0.2) is 17.5 Å². The van der Waals surface area contributed by atoms with Crippen LogP contribution in [0.1, 0.15) is 40.5 Å². The predicted octanol–water partition coefficient (Wildman–Crippen LogP) is 2.80. The molecule has 0 atom stereocenters. The van der Waals surface area contributed by atoms with E-state index in [1.54, 1.807) is 0 Å². The van der Waals surface area contributed by atoms with Gasteiger partial charge in [-0.05, 0) is 17.9 Å². The van der Waals surface area contributed by atoms with E-state index in [9.17, 15) is 9.59 Å². The van der Waals surface area contributed by atoms with Gasteiger partial charge >= 0.3 is 5.97 Å². The van der Waals surface area contributed by atoms with Gasteiger partial charge in [-0.2, -0.15) is 0 Å². The third-order valence-corrected chi connectivity index (χ3v) is 2.44. The highest BCUT2D eigenvalue weighted by Gasteiger charge is 2.30. The van der Waals surface area contributed by atoms with E-state index in [4.69, 9.17) is 0 Å². The van der Waals surface area contributed by atoms with Crippen LogP contribution in [0.15, 0.2) is 28.5 Å². The topological polar surface area (TPSA) is 55.7 Å². The zero-order chi connectivity index (χ0) is 13.7. The number of carbonyl (C=O) groups is 2. The molecule has 0 unspecified atom stereocenters. The summed E-state index contributed by atoms with van der Waals surface area (Å²) in [5, 5.41) is 3.63. The van der Waals surface area contributed by atoms with Crippen molar-refractivity contribution in [2.45, 2.75) is 40.5 Å². The lowest BCUT2D eigenvalue weighted by atomic mass is 10.0. The third kappa shape index (κ3) is 3.65. The predicted molar refractivity (Wildman–Crippen MR) is 70.1 cm³/mol. The molecule has 0 radical (unpaired) electrons. The molecular formula is C14H19NO3. The van der Waals surface area contributed by atoms with E-state index in [-0.39, 0.29) is 5.78 Å². The van der Waals surface area contributed by atoms with E-state index in [2.05, 4.69) is 29.9 Å². The Hall–Kier alpha value is -1.71. The molecule has 1 aliphatic carbocycles. The number of allylic oxidation sites excluding steroid dienone is 4. The number of nitrogens with zero attached hydrogens (tertiary/aromatic N) is 1. The maximum Gasteiger partial charge on any atom is 0.331 e. The van der Waals surface area contributed by atoms with E-state index in [1.807, 2.05) is 13.0 Å². The number of rotatable bonds is 3. The molecule has 0 spiro atoms. The van der Waals surface area contributed by atoms with Gasteiger partial charge in [0, 0.05) is 18.9 Å². The fraction of sp³-hybridized carbons (Fsp3) is 0.500. The van der Waals surface area contributed by atoms with Gasteiger partial charge in [-0.3, -0.25) is 4.79 Å². The number of hydrogen-bond donors (Lipinski definition) is 0. The first kappa shape index (κ1) is 14.4. The molecule has 0 amide bonds. The average molecular weight is 249 g/mol. The molecule has 0 aromatic carbocycles. The van der Waals surface area contributed by atoms with Crippen LogP contribution in [0.4, 0.5) is 0 Å². The second-order valence-electron chi connectivity index (χ2n) is 4.59. The van der Waals surface area contributed by atoms with Gasteiger partial charge in [-0.1, -0.05) is 38.1 Å². The highest BCUT2D eigenvalue weighted by atomic mass is 16.7. The van der Waals surface area contributed by atoms with Gasteiger partial charge in [0.25, 0.3) is 0 Å². The number of ketones is 1. The maximum absolute atomic E-state index is 12.1. The second kappa shape index (κ2) is 6.28. The monoisotopic (exact) mass is 249 g/mol. The summed E-state index contributed by atoms with van der Waals surface area (Å²) in [6.07, 6.45) is 5.18. The van der Waals surface area contributed by atoms with Gasteiger partial charge in [-0.25, -0.2) is 4.79 Å². The number of Topliss-reactive ketones (excluding diaryl/α,β-unsaturated/α-hetero) is 1. The van der Waals surface area contributed by atoms with Crippen molar-refractivity contribution in [1.82, 2.24) is 0 Å². The number of oxime groups is 1. The Kier molecular flexibility index (Phi) is 5.01. The van der Waals surface area contributed by atoms with Crippen molar-refractivity contribution < 1.29 is 14.4 Å². The Labute approximate surface area is 107 Å². The number of carbonyl (C=O) groups excluding carboxylic acids is 2. The Morgan fingerprint density at radius 2 is 2.17 bits per heavy atom. The van der Waals surface area contributed by atoms with Crippen molar-refractivity contribution in [3.63, 3.8) is 0 Å². The normalized spacial score (nSPS) is 22.5. The van der Waals surface area contributed by atoms with Crippen LogP contribution in [0, 0.1) is 5.92 Å². The molecule has 18 heavy (non-hydrogen) atoms. The molecule has 0 bridgehead atoms. The molecule has 1 fully saturated rings. The van der Waals surface area contributed by atoms with Crippen molar-refractivity contribution in [1.29, 1.82) is 0 Å². The van der Waals surface area contributed by atoms with Gasteiger partial charge in [0.2, 0.25) is 5.78 Å². The molecular weight excluding hydrogens is 230 g/mol. The molecule has 0 heterocycles. The number of hydrogen-bond acceptors (Lipinski definition) is 4. The minimum Gasteiger partial charge on any atom is -0.318 e. The molecule has 0 aromatic heterocycles. The van der Waals surface area contributed by atoms with Gasteiger partial charge in [-0.15, -0.1) is 0 Å². The van der Waals surface area contributed by atoms with E-state index < -0.39 is 5.97 Å². The third-order valence-electron chi connectivity index (χ3n) is 2.44. The lowest BCUT2D eigenvalue weighted by Crippen LogP contribution is -2.08. The van der Waals surface area contributed by atoms with Gasteiger partial charge < -0.3 is 4.84 Å². The van der Waals surface area contributed by atoms with Gasteiger partial charge in [0.1, 0.15) is 5.71 Å². The van der Waals surface area contributed by atoms with Crippen molar-refractivity contribution in [3.8, 4) is 0 Å². The van der Waals surface area contributed by atoms with Crippen molar-refractivity contribution in [2.75, 3.05) is 0 Å². The van der Waals surface area contributed by atoms with Crippen LogP contribution in [0.2, 0.25) is 0 Å². The van der Waals surface area contributed by atoms with Crippen molar-refractivity contribution in [3.05, 3.63) is 23.3 Å². The van der Waals surface area contributed by atoms with Crippen LogP contribution in [0.25, 0.3) is 0 Å². The summed E-state index contributed by atoms with van der Waals surface area (Å²) in [7, 11) is 0. The van der Waals surface area contributed by atoms with E-state index in [1.165, 1.54) is 6.92 Å². The second-order valence-corrected chi connectivity index (χ2v) is 4.59. The fourth-order valence-electron chi connectivity index (χ4n) is 1.83. The van der Waals surface area contributed by atoms with Crippen LogP contribution in [0.5, 0.6) is 0 Å². The summed E-state index contributed by atoms with van der Waals surface area (Å²) in [5.41, 5.74) is 1.97. The summed E-state index contributed by atoms with van der Waals surface area (Å²) in [5.74, 6) is -0.288. The quantitative estimate of drug-likeness (QED) is 0.439. The molecule has 98 valence electrons. The van der Waals surface area contributed by atoms with Gasteiger partial charge in [0.05, 0.1) is 0 Å². The smallest absolute Gasteiger partial charge is 0.318 e. The average Bonchev–Trinajstić information content (AvgIpc) is 2.54. The standard InChI is InChI=1S/C14H19NO3/c1-5-6-12-11(7-9(2)3)8-13(14(12)17)15-18-10(4)16/h6-7,9H,5,8H2,1-4H3/b11-7-,12-6+,15-13?. The first-order chi connectivity index (χ1) is 8.45. The van der Waals surface area contributed by atoms with Gasteiger partial charge in [0.15, 0.2) is 0 Å². The summed E-state index contributed by atoms with van der Waals surface area (Å²) in [4.78, 5) is 27.3. The molecule has 0 saturated heterocycles. The zero-order valence-electron chi connectivity index (χ0n) is 11.3. The zero-order valence-corrected chi connectivity index (χ0v) is 11.3. The summed E-state index contributed by atoms with van der Waals surface area (Å²) >= 11 is 0. The first-order valence-corrected chi connectivity index (χ1v) is 6.16. The summed E-state index contributed by atoms with van der Waals surface area (Å²) in [6.45, 7) is 7.36. The van der Waals surface area contributed by atoms with E-state index >= 15 is 0 Å². The molecule has 4 heteroatoms. The maximum atomic E-state index is 12.1. The van der Waals surface area contributed by atoms with Crippen LogP contribution >= 0.6 is 0 Å². The molecule has 0 aromatic rings. The van der Waals surface area contributed by atoms with E-state index in [0.29, 0.717) is 23.6 Å². The minimum absolute atomic E-state index is 0.134. The minimum atomic E-state index is -0.516. The Morgan fingerprint density at radius 3 is 2.67 bits per heavy atom. The molecule has 1 aliphatic rings. The van der Waals surface area contributed by atoms with Crippen LogP contribution < -0.4 is 0 Å². The summed E-state index contributed by atoms with van der Waals surface area (Å²) in [6, 6.07) is 0. The van der Waals surface area contributed by atoms with Crippen molar-refractivity contribution in [2.24, 2.45) is 11.1 Å². The Bertz CT molecular complexity index is 442. The first-order valence-electron chi connectivity index (χ1n) is 6.16. The molecule has 0 aliphatic heterocycles. The van der Waals surface area contributed by atoms with E-state index in [0.717, 1.165) is 12.0 Å². The van der Waals surface area contributed by atoms with Crippen LogP contribution in [0.3, 0.4) is 0 Å². The highest BCUT2D eigenvalue weighted by molar-refractivity contribution is 6.50. The van der Waals surface area contributed by atoms with Crippen molar-refractivity contribution >= 4 is 17.5 Å². The lowest BCUT2D eigenvalue weighted by Gasteiger charge is -2.00. The molecule has 4 nitrogen and oxygen atoms in total. The lowest BCUT2D eigenvalue weighted by molar-refractivity contribution is -0.140. The van der Waals surface area contributed by atoms with Crippen LogP contribution in [-0.2, 0) is 14.4 Å². The summed E-state index contributed by atoms with van der Waals surface area (Å²) < 4.78 is 0. The SMILES string of the molecule is CC/C=C1/C(=O)C(=NOC(C)=O)C/C1=C/C(C)C. The molecule has 1 saturated carbocycles. The highest BCUT2D eigenvalue weighted by Crippen LogP contribution is 2.27.